The third-order valence-electron chi connectivity index (χ3n) is 2.98. The second-order valence-corrected chi connectivity index (χ2v) is 4.78. The summed E-state index contributed by atoms with van der Waals surface area (Å²) in [6, 6.07) is 14.9. The molecule has 0 aliphatic heterocycles. The zero-order valence-electron chi connectivity index (χ0n) is 11.1. The lowest BCUT2D eigenvalue weighted by Crippen LogP contribution is -2.33. The fraction of sp³-hybridized carbons (Fsp3) is 0. The molecule has 106 valence electrons. The van der Waals surface area contributed by atoms with Gasteiger partial charge in [-0.15, -0.1) is 0 Å². The highest BCUT2D eigenvalue weighted by molar-refractivity contribution is 7.97. The predicted molar refractivity (Wildman–Crippen MR) is 84.7 cm³/mol. The van der Waals surface area contributed by atoms with Crippen LogP contribution in [-0.4, -0.2) is 5.84 Å². The van der Waals surface area contributed by atoms with Gasteiger partial charge in [-0.3, -0.25) is 5.14 Å². The van der Waals surface area contributed by atoms with Crippen LogP contribution in [-0.2, 0) is 0 Å². The number of nitrogens with zero attached hydrogens (tertiary/aromatic N) is 2. The maximum absolute atomic E-state index is 8.87. The van der Waals surface area contributed by atoms with E-state index in [9.17, 15) is 0 Å². The minimum Gasteiger partial charge on any atom is -0.321 e. The van der Waals surface area contributed by atoms with E-state index in [0.29, 0.717) is 11.4 Å². The van der Waals surface area contributed by atoms with Crippen LogP contribution in [0.4, 0.5) is 0 Å². The van der Waals surface area contributed by atoms with Crippen molar-refractivity contribution in [3.05, 3.63) is 53.6 Å². The number of nitriles is 1. The fourth-order valence-corrected chi connectivity index (χ4v) is 2.49. The molecule has 0 aromatic heterocycles. The van der Waals surface area contributed by atoms with E-state index >= 15 is 0 Å². The molecular weight excluding hydrogens is 284 g/mol. The molecule has 7 heteroatoms. The quantitative estimate of drug-likeness (QED) is 0.222. The Balaban J connectivity index is 2.65. The highest BCUT2D eigenvalue weighted by Gasteiger charge is 2.15. The highest BCUT2D eigenvalue weighted by atomic mass is 32.2. The average Bonchev–Trinajstić information content (AvgIpc) is 2.56. The molecule has 7 N–H and O–H groups in total. The molecule has 2 rings (SSSR count). The van der Waals surface area contributed by atoms with E-state index in [1.807, 2.05) is 30.3 Å². The summed E-state index contributed by atoms with van der Waals surface area (Å²) in [7, 11) is 0. The van der Waals surface area contributed by atoms with Crippen molar-refractivity contribution in [1.82, 2.24) is 5.43 Å². The summed E-state index contributed by atoms with van der Waals surface area (Å²) < 4.78 is 0. The van der Waals surface area contributed by atoms with Crippen LogP contribution < -0.4 is 22.3 Å². The molecule has 0 aliphatic carbocycles. The second kappa shape index (κ2) is 6.76. The number of benzene rings is 2. The number of hydrazone groups is 1. The lowest BCUT2D eigenvalue weighted by molar-refractivity contribution is 0.998. The van der Waals surface area contributed by atoms with E-state index in [1.165, 1.54) is 0 Å². The van der Waals surface area contributed by atoms with Gasteiger partial charge >= 0.3 is 0 Å². The van der Waals surface area contributed by atoms with E-state index < -0.39 is 0 Å². The Morgan fingerprint density at radius 2 is 1.90 bits per heavy atom. The van der Waals surface area contributed by atoms with Gasteiger partial charge in [0, 0.05) is 10.5 Å². The number of hydrogen-bond donors (Lipinski definition) is 4. The van der Waals surface area contributed by atoms with Crippen LogP contribution in [0.15, 0.2) is 52.5 Å². The Morgan fingerprint density at radius 1 is 1.19 bits per heavy atom. The Morgan fingerprint density at radius 3 is 2.43 bits per heavy atom. The van der Waals surface area contributed by atoms with Crippen molar-refractivity contribution >= 4 is 17.8 Å². The first-order valence-electron chi connectivity index (χ1n) is 6.00. The van der Waals surface area contributed by atoms with Crippen LogP contribution in [0.5, 0.6) is 0 Å². The number of nitrogens with two attached hydrogens (primary N) is 3. The Bertz CT molecular complexity index is 702. The number of rotatable bonds is 3. The van der Waals surface area contributed by atoms with Gasteiger partial charge in [0.15, 0.2) is 5.84 Å². The minimum absolute atomic E-state index is 0.336. The van der Waals surface area contributed by atoms with E-state index in [4.69, 9.17) is 22.1 Å². The van der Waals surface area contributed by atoms with Crippen LogP contribution >= 0.6 is 11.9 Å². The van der Waals surface area contributed by atoms with Crippen molar-refractivity contribution in [2.45, 2.75) is 4.90 Å². The smallest absolute Gasteiger partial charge is 0.168 e. The van der Waals surface area contributed by atoms with Gasteiger partial charge in [0.05, 0.1) is 11.6 Å². The largest absolute Gasteiger partial charge is 0.321 e. The van der Waals surface area contributed by atoms with Gasteiger partial charge in [0.25, 0.3) is 0 Å². The zero-order valence-corrected chi connectivity index (χ0v) is 11.9. The molecule has 2 aromatic rings. The van der Waals surface area contributed by atoms with E-state index in [1.54, 1.807) is 12.1 Å². The van der Waals surface area contributed by atoms with Crippen LogP contribution in [0.1, 0.15) is 11.1 Å². The molecular formula is C14H14N6S. The molecule has 6 nitrogen and oxygen atoms in total. The third-order valence-corrected chi connectivity index (χ3v) is 3.57. The molecule has 0 fully saturated rings. The fourth-order valence-electron chi connectivity index (χ4n) is 2.01. The van der Waals surface area contributed by atoms with E-state index in [0.717, 1.165) is 33.5 Å². The molecule has 0 amide bonds. The predicted octanol–water partition coefficient (Wildman–Crippen LogP) is 1.27. The molecule has 0 atom stereocenters. The van der Waals surface area contributed by atoms with Crippen molar-refractivity contribution < 1.29 is 0 Å². The molecule has 0 saturated heterocycles. The Labute approximate surface area is 126 Å². The maximum Gasteiger partial charge on any atom is 0.168 e. The SMILES string of the molecule is N#Cc1ccc(-c2cccc(SN)c2/C(=N/N)NN)cc1. The molecule has 0 radical (unpaired) electrons. The summed E-state index contributed by atoms with van der Waals surface area (Å²) in [6.45, 7) is 0. The molecule has 21 heavy (non-hydrogen) atoms. The standard InChI is InChI=1S/C14H14N6S/c15-8-9-4-6-10(7-5-9)11-2-1-3-12(21-18)13(11)14(19-16)20-17/h1-7H,16-18H2,(H,19,20). The van der Waals surface area contributed by atoms with Gasteiger partial charge in [-0.1, -0.05) is 24.3 Å². The number of amidine groups is 1. The summed E-state index contributed by atoms with van der Waals surface area (Å²) in [4.78, 5) is 0.791. The van der Waals surface area contributed by atoms with Crippen LogP contribution in [0, 0.1) is 11.3 Å². The monoisotopic (exact) mass is 298 g/mol. The van der Waals surface area contributed by atoms with Gasteiger partial charge < -0.3 is 11.3 Å². The molecule has 0 spiro atoms. The summed E-state index contributed by atoms with van der Waals surface area (Å²) in [5.74, 6) is 11.2. The number of hydrogen-bond acceptors (Lipinski definition) is 6. The Kier molecular flexibility index (Phi) is 4.79. The molecule has 0 aliphatic rings. The van der Waals surface area contributed by atoms with E-state index in [2.05, 4.69) is 16.6 Å². The first-order valence-corrected chi connectivity index (χ1v) is 6.88. The zero-order chi connectivity index (χ0) is 15.2. The first-order chi connectivity index (χ1) is 10.2. The molecule has 0 unspecified atom stereocenters. The Hall–Kier alpha value is -2.53. The van der Waals surface area contributed by atoms with Crippen molar-refractivity contribution in [2.75, 3.05) is 0 Å². The van der Waals surface area contributed by atoms with Crippen molar-refractivity contribution in [3.8, 4) is 17.2 Å². The van der Waals surface area contributed by atoms with Crippen LogP contribution in [0.25, 0.3) is 11.1 Å². The maximum atomic E-state index is 8.87. The summed E-state index contributed by atoms with van der Waals surface area (Å²) in [5.41, 5.74) is 5.58. The van der Waals surface area contributed by atoms with Gasteiger partial charge in [0.2, 0.25) is 0 Å². The normalized spacial score (nSPS) is 11.0. The highest BCUT2D eigenvalue weighted by Crippen LogP contribution is 2.30. The third kappa shape index (κ3) is 2.98. The lowest BCUT2D eigenvalue weighted by atomic mass is 9.98. The van der Waals surface area contributed by atoms with Gasteiger partial charge in [-0.25, -0.2) is 5.84 Å². The van der Waals surface area contributed by atoms with Crippen LogP contribution in [0.2, 0.25) is 0 Å². The van der Waals surface area contributed by atoms with Gasteiger partial charge in [-0.2, -0.15) is 10.4 Å². The summed E-state index contributed by atoms with van der Waals surface area (Å²) in [5, 5.41) is 18.2. The van der Waals surface area contributed by atoms with Crippen LogP contribution in [0.3, 0.4) is 0 Å². The van der Waals surface area contributed by atoms with E-state index in [-0.39, 0.29) is 0 Å². The van der Waals surface area contributed by atoms with Crippen molar-refractivity contribution in [2.24, 2.45) is 21.9 Å². The molecule has 0 bridgehead atoms. The lowest BCUT2D eigenvalue weighted by Gasteiger charge is -2.14. The second-order valence-electron chi connectivity index (χ2n) is 4.11. The molecule has 2 aromatic carbocycles. The average molecular weight is 298 g/mol. The first kappa shape index (κ1) is 14.9. The topological polar surface area (TPSA) is 126 Å². The van der Waals surface area contributed by atoms with Gasteiger partial charge in [-0.05, 0) is 41.3 Å². The molecule has 0 saturated carbocycles. The summed E-state index contributed by atoms with van der Waals surface area (Å²) in [6.07, 6.45) is 0. The van der Waals surface area contributed by atoms with Crippen molar-refractivity contribution in [3.63, 3.8) is 0 Å². The number of hydrazine groups is 1. The molecule has 0 heterocycles. The van der Waals surface area contributed by atoms with Gasteiger partial charge in [0.1, 0.15) is 0 Å². The minimum atomic E-state index is 0.336. The summed E-state index contributed by atoms with van der Waals surface area (Å²) >= 11 is 1.09. The van der Waals surface area contributed by atoms with Crippen molar-refractivity contribution in [1.29, 1.82) is 5.26 Å². The number of nitrogens with one attached hydrogen (secondary N) is 1.